The summed E-state index contributed by atoms with van der Waals surface area (Å²) in [6.45, 7) is 2.59. The minimum atomic E-state index is -0.0194. The number of aryl methyl sites for hydroxylation is 1. The van der Waals surface area contributed by atoms with Crippen LogP contribution in [0.3, 0.4) is 0 Å². The lowest BCUT2D eigenvalue weighted by molar-refractivity contribution is 0.0952. The van der Waals surface area contributed by atoms with Crippen molar-refractivity contribution in [3.63, 3.8) is 0 Å². The van der Waals surface area contributed by atoms with Crippen molar-refractivity contribution in [1.29, 1.82) is 0 Å². The first-order valence-corrected chi connectivity index (χ1v) is 6.54. The SMILES string of the molecule is Cc1ncccc1C(=O)NCCCCI. The van der Waals surface area contributed by atoms with Gasteiger partial charge in [-0.25, -0.2) is 0 Å². The molecule has 1 rings (SSSR count). The maximum Gasteiger partial charge on any atom is 0.253 e. The fourth-order valence-electron chi connectivity index (χ4n) is 1.24. The van der Waals surface area contributed by atoms with Crippen molar-refractivity contribution in [3.8, 4) is 0 Å². The highest BCUT2D eigenvalue weighted by atomic mass is 127. The molecular weight excluding hydrogens is 303 g/mol. The van der Waals surface area contributed by atoms with Crippen LogP contribution in [-0.4, -0.2) is 21.9 Å². The zero-order valence-corrected chi connectivity index (χ0v) is 11.0. The molecule has 0 saturated heterocycles. The van der Waals surface area contributed by atoms with E-state index in [4.69, 9.17) is 0 Å². The summed E-state index contributed by atoms with van der Waals surface area (Å²) >= 11 is 2.34. The van der Waals surface area contributed by atoms with Gasteiger partial charge in [-0.3, -0.25) is 9.78 Å². The number of nitrogens with zero attached hydrogens (tertiary/aromatic N) is 1. The molecule has 0 aromatic carbocycles. The Hall–Kier alpha value is -0.650. The van der Waals surface area contributed by atoms with Crippen LogP contribution in [0.4, 0.5) is 0 Å². The first kappa shape index (κ1) is 12.4. The molecule has 1 amide bonds. The molecule has 0 aliphatic carbocycles. The van der Waals surface area contributed by atoms with Crippen LogP contribution in [0.5, 0.6) is 0 Å². The number of pyridine rings is 1. The van der Waals surface area contributed by atoms with E-state index >= 15 is 0 Å². The maximum atomic E-state index is 11.7. The Kier molecular flexibility index (Phi) is 5.60. The van der Waals surface area contributed by atoms with Crippen molar-refractivity contribution in [2.45, 2.75) is 19.8 Å². The molecule has 3 nitrogen and oxygen atoms in total. The first-order chi connectivity index (χ1) is 7.25. The quantitative estimate of drug-likeness (QED) is 0.514. The van der Waals surface area contributed by atoms with Crippen LogP contribution in [0.25, 0.3) is 0 Å². The number of unbranched alkanes of at least 4 members (excludes halogenated alkanes) is 1. The van der Waals surface area contributed by atoms with E-state index in [0.29, 0.717) is 5.56 Å². The second-order valence-corrected chi connectivity index (χ2v) is 4.37. The topological polar surface area (TPSA) is 42.0 Å². The van der Waals surface area contributed by atoms with Crippen molar-refractivity contribution in [2.75, 3.05) is 11.0 Å². The van der Waals surface area contributed by atoms with Gasteiger partial charge in [0.1, 0.15) is 0 Å². The third-order valence-corrected chi connectivity index (χ3v) is 2.86. The summed E-state index contributed by atoms with van der Waals surface area (Å²) in [5.41, 5.74) is 1.45. The molecule has 1 heterocycles. The summed E-state index contributed by atoms with van der Waals surface area (Å²) in [6, 6.07) is 3.59. The number of amides is 1. The number of halogens is 1. The zero-order chi connectivity index (χ0) is 11.1. The van der Waals surface area contributed by atoms with Gasteiger partial charge in [-0.05, 0) is 36.3 Å². The van der Waals surface area contributed by atoms with Gasteiger partial charge < -0.3 is 5.32 Å². The number of nitrogens with one attached hydrogen (secondary N) is 1. The number of alkyl halides is 1. The molecule has 0 unspecified atom stereocenters. The second kappa shape index (κ2) is 6.76. The molecule has 0 saturated carbocycles. The molecule has 0 radical (unpaired) electrons. The Morgan fingerprint density at radius 2 is 2.33 bits per heavy atom. The first-order valence-electron chi connectivity index (χ1n) is 5.01. The average Bonchev–Trinajstić information content (AvgIpc) is 2.25. The van der Waals surface area contributed by atoms with E-state index in [1.54, 1.807) is 18.3 Å². The predicted octanol–water partition coefficient (Wildman–Crippen LogP) is 2.34. The number of aromatic nitrogens is 1. The molecule has 0 fully saturated rings. The zero-order valence-electron chi connectivity index (χ0n) is 8.79. The molecule has 0 bridgehead atoms. The van der Waals surface area contributed by atoms with Gasteiger partial charge >= 0.3 is 0 Å². The van der Waals surface area contributed by atoms with Gasteiger partial charge in [-0.15, -0.1) is 0 Å². The number of hydrogen-bond donors (Lipinski definition) is 1. The van der Waals surface area contributed by atoms with E-state index in [2.05, 4.69) is 32.9 Å². The minimum absolute atomic E-state index is 0.0194. The van der Waals surface area contributed by atoms with Gasteiger partial charge in [0.05, 0.1) is 5.56 Å². The Balaban J connectivity index is 2.44. The number of carbonyl (C=O) groups is 1. The van der Waals surface area contributed by atoms with Gasteiger partial charge in [-0.1, -0.05) is 22.6 Å². The van der Waals surface area contributed by atoms with E-state index in [1.807, 2.05) is 6.92 Å². The molecular formula is C11H15IN2O. The molecule has 1 aromatic heterocycles. The van der Waals surface area contributed by atoms with Crippen LogP contribution < -0.4 is 5.32 Å². The highest BCUT2D eigenvalue weighted by Crippen LogP contribution is 2.03. The molecule has 0 aliphatic heterocycles. The van der Waals surface area contributed by atoms with Crippen LogP contribution in [0.2, 0.25) is 0 Å². The fraction of sp³-hybridized carbons (Fsp3) is 0.455. The fourth-order valence-corrected chi connectivity index (χ4v) is 1.78. The normalized spacial score (nSPS) is 10.0. The summed E-state index contributed by atoms with van der Waals surface area (Å²) in [7, 11) is 0. The Morgan fingerprint density at radius 3 is 3.00 bits per heavy atom. The van der Waals surface area contributed by atoms with Crippen molar-refractivity contribution in [3.05, 3.63) is 29.6 Å². The Bertz CT molecular complexity index is 328. The summed E-state index contributed by atoms with van der Waals surface area (Å²) < 4.78 is 1.14. The average molecular weight is 318 g/mol. The second-order valence-electron chi connectivity index (χ2n) is 3.29. The van der Waals surface area contributed by atoms with Gasteiger partial charge in [0.2, 0.25) is 0 Å². The number of hydrogen-bond acceptors (Lipinski definition) is 2. The van der Waals surface area contributed by atoms with Gasteiger partial charge in [-0.2, -0.15) is 0 Å². The van der Waals surface area contributed by atoms with Crippen LogP contribution in [-0.2, 0) is 0 Å². The molecule has 1 aromatic rings. The van der Waals surface area contributed by atoms with Crippen molar-refractivity contribution in [2.24, 2.45) is 0 Å². The van der Waals surface area contributed by atoms with Crippen molar-refractivity contribution in [1.82, 2.24) is 10.3 Å². The van der Waals surface area contributed by atoms with Gasteiger partial charge in [0, 0.05) is 18.4 Å². The molecule has 1 N–H and O–H groups in total. The van der Waals surface area contributed by atoms with Crippen molar-refractivity contribution >= 4 is 28.5 Å². The smallest absolute Gasteiger partial charge is 0.253 e. The highest BCUT2D eigenvalue weighted by Gasteiger charge is 2.07. The van der Waals surface area contributed by atoms with Crippen LogP contribution in [0.1, 0.15) is 28.9 Å². The standard InChI is InChI=1S/C11H15IN2O/c1-9-10(5-4-8-13-9)11(15)14-7-3-2-6-12/h4-5,8H,2-3,6-7H2,1H3,(H,14,15). The lowest BCUT2D eigenvalue weighted by atomic mass is 10.2. The van der Waals surface area contributed by atoms with Crippen LogP contribution in [0, 0.1) is 6.92 Å². The molecule has 0 atom stereocenters. The molecule has 4 heteroatoms. The van der Waals surface area contributed by atoms with Crippen LogP contribution in [0.15, 0.2) is 18.3 Å². The third-order valence-electron chi connectivity index (χ3n) is 2.10. The monoisotopic (exact) mass is 318 g/mol. The summed E-state index contributed by atoms with van der Waals surface area (Å²) in [5.74, 6) is -0.0194. The summed E-state index contributed by atoms with van der Waals surface area (Å²) in [4.78, 5) is 15.8. The highest BCUT2D eigenvalue weighted by molar-refractivity contribution is 14.1. The summed E-state index contributed by atoms with van der Waals surface area (Å²) in [6.07, 6.45) is 3.88. The van der Waals surface area contributed by atoms with E-state index in [0.717, 1.165) is 29.5 Å². The van der Waals surface area contributed by atoms with Crippen molar-refractivity contribution < 1.29 is 4.79 Å². The lowest BCUT2D eigenvalue weighted by Gasteiger charge is -2.05. The van der Waals surface area contributed by atoms with Gasteiger partial charge in [0.15, 0.2) is 0 Å². The van der Waals surface area contributed by atoms with E-state index in [1.165, 1.54) is 0 Å². The Labute approximate surface area is 104 Å². The largest absolute Gasteiger partial charge is 0.352 e. The number of rotatable bonds is 5. The molecule has 15 heavy (non-hydrogen) atoms. The van der Waals surface area contributed by atoms with E-state index < -0.39 is 0 Å². The third kappa shape index (κ3) is 4.15. The summed E-state index contributed by atoms with van der Waals surface area (Å²) in [5, 5.41) is 2.89. The molecule has 0 spiro atoms. The predicted molar refractivity (Wildman–Crippen MR) is 69.4 cm³/mol. The van der Waals surface area contributed by atoms with E-state index in [9.17, 15) is 4.79 Å². The van der Waals surface area contributed by atoms with Gasteiger partial charge in [0.25, 0.3) is 5.91 Å². The van der Waals surface area contributed by atoms with Crippen LogP contribution >= 0.6 is 22.6 Å². The Morgan fingerprint density at radius 1 is 1.53 bits per heavy atom. The maximum absolute atomic E-state index is 11.7. The molecule has 82 valence electrons. The number of carbonyl (C=O) groups excluding carboxylic acids is 1. The minimum Gasteiger partial charge on any atom is -0.352 e. The molecule has 0 aliphatic rings. The van der Waals surface area contributed by atoms with E-state index in [-0.39, 0.29) is 5.91 Å². The lowest BCUT2D eigenvalue weighted by Crippen LogP contribution is -2.25.